The molecule has 0 amide bonds. The first-order chi connectivity index (χ1) is 25.3. The van der Waals surface area contributed by atoms with Crippen LogP contribution in [0, 0.1) is 0 Å². The predicted molar refractivity (Wildman–Crippen MR) is 210 cm³/mol. The molecule has 5 aromatic rings. The highest BCUT2D eigenvalue weighted by Crippen LogP contribution is 2.50. The summed E-state index contributed by atoms with van der Waals surface area (Å²) in [4.78, 5) is 2.56. The largest absolute Gasteiger partial charge is 0.485 e. The number of para-hydroxylation sites is 1. The molecule has 0 bridgehead atoms. The third kappa shape index (κ3) is 4.50. The Morgan fingerprint density at radius 2 is 1.49 bits per heavy atom. The van der Waals surface area contributed by atoms with Gasteiger partial charge in [0.05, 0.1) is 6.04 Å². The zero-order valence-corrected chi connectivity index (χ0v) is 28.5. The molecule has 0 saturated heterocycles. The second-order valence-electron chi connectivity index (χ2n) is 14.6. The number of nitrogens with zero attached hydrogens (tertiary/aromatic N) is 2. The van der Waals surface area contributed by atoms with Crippen LogP contribution in [0.25, 0.3) is 34.5 Å². The highest BCUT2D eigenvalue weighted by atomic mass is 16.5. The fourth-order valence-corrected chi connectivity index (χ4v) is 9.46. The van der Waals surface area contributed by atoms with Crippen LogP contribution in [-0.4, -0.2) is 16.7 Å². The van der Waals surface area contributed by atoms with Crippen LogP contribution in [0.15, 0.2) is 151 Å². The molecule has 6 aliphatic rings. The molecule has 3 nitrogen and oxygen atoms in total. The van der Waals surface area contributed by atoms with Crippen molar-refractivity contribution in [2.24, 2.45) is 0 Å². The quantitative estimate of drug-likeness (QED) is 0.191. The lowest BCUT2D eigenvalue weighted by molar-refractivity contribution is 0.269. The number of aromatic nitrogens is 1. The smallest absolute Gasteiger partial charge is 0.128 e. The van der Waals surface area contributed by atoms with E-state index >= 15 is 0 Å². The summed E-state index contributed by atoms with van der Waals surface area (Å²) in [6.45, 7) is 0. The number of ether oxygens (including phenoxy) is 1. The van der Waals surface area contributed by atoms with Gasteiger partial charge in [0.25, 0.3) is 0 Å². The van der Waals surface area contributed by atoms with Gasteiger partial charge in [0.15, 0.2) is 0 Å². The van der Waals surface area contributed by atoms with Crippen LogP contribution >= 0.6 is 0 Å². The van der Waals surface area contributed by atoms with Crippen LogP contribution in [0.4, 0.5) is 11.4 Å². The van der Waals surface area contributed by atoms with Gasteiger partial charge in [-0.25, -0.2) is 0 Å². The zero-order valence-electron chi connectivity index (χ0n) is 28.5. The highest BCUT2D eigenvalue weighted by molar-refractivity contribution is 5.95. The van der Waals surface area contributed by atoms with E-state index in [0.29, 0.717) is 12.0 Å². The Morgan fingerprint density at radius 1 is 0.686 bits per heavy atom. The summed E-state index contributed by atoms with van der Waals surface area (Å²) in [5, 5.41) is 0. The van der Waals surface area contributed by atoms with Gasteiger partial charge < -0.3 is 14.2 Å². The van der Waals surface area contributed by atoms with Crippen LogP contribution in [-0.2, 0) is 12.8 Å². The Hall–Kier alpha value is -5.80. The molecule has 0 spiro atoms. The van der Waals surface area contributed by atoms with Crippen molar-refractivity contribution in [1.82, 2.24) is 4.57 Å². The number of allylic oxidation sites excluding steroid dienone is 6. The summed E-state index contributed by atoms with van der Waals surface area (Å²) in [6, 6.07) is 35.9. The van der Waals surface area contributed by atoms with Crippen molar-refractivity contribution in [3.8, 4) is 22.6 Å². The molecule has 3 heterocycles. The maximum absolute atomic E-state index is 6.31. The van der Waals surface area contributed by atoms with E-state index in [0.717, 1.165) is 37.9 Å². The molecule has 1 aromatic heterocycles. The Kier molecular flexibility index (Phi) is 6.46. The van der Waals surface area contributed by atoms with Crippen LogP contribution in [0.2, 0.25) is 0 Å². The molecule has 4 aliphatic carbocycles. The molecule has 3 unspecified atom stereocenters. The molecule has 2 aliphatic heterocycles. The lowest BCUT2D eigenvalue weighted by Crippen LogP contribution is -2.27. The molecule has 3 heteroatoms. The Balaban J connectivity index is 0.947. The number of rotatable bonds is 4. The van der Waals surface area contributed by atoms with Gasteiger partial charge in [-0.15, -0.1) is 0 Å². The maximum atomic E-state index is 6.31. The van der Waals surface area contributed by atoms with Crippen LogP contribution < -0.4 is 9.64 Å². The molecule has 4 aromatic carbocycles. The fourth-order valence-electron chi connectivity index (χ4n) is 9.46. The Bertz CT molecular complexity index is 2430. The van der Waals surface area contributed by atoms with E-state index in [9.17, 15) is 0 Å². The minimum atomic E-state index is 0.109. The van der Waals surface area contributed by atoms with Crippen LogP contribution in [0.1, 0.15) is 58.8 Å². The third-order valence-electron chi connectivity index (χ3n) is 11.8. The van der Waals surface area contributed by atoms with E-state index in [1.807, 2.05) is 0 Å². The van der Waals surface area contributed by atoms with Crippen molar-refractivity contribution in [3.63, 3.8) is 0 Å². The molecule has 51 heavy (non-hydrogen) atoms. The third-order valence-corrected chi connectivity index (χ3v) is 11.8. The molecule has 11 rings (SSSR count). The lowest BCUT2D eigenvalue weighted by Gasteiger charge is -2.30. The monoisotopic (exact) mass is 658 g/mol. The van der Waals surface area contributed by atoms with Gasteiger partial charge in [0, 0.05) is 56.6 Å². The van der Waals surface area contributed by atoms with Crippen molar-refractivity contribution in [2.75, 3.05) is 4.90 Å². The SMILES string of the molecule is C1=CC2Oc3ccc(-n4c5c(c6c4CCC(C4=CCC7C(=C4)c4ccccc4N7c4ccc(-c7ccccc7)cc4)=C6)C=CCC5)cc3C2C=C1. The van der Waals surface area contributed by atoms with Crippen molar-refractivity contribution < 1.29 is 4.74 Å². The number of hydrogen-bond acceptors (Lipinski definition) is 2. The van der Waals surface area contributed by atoms with Crippen molar-refractivity contribution in [3.05, 3.63) is 184 Å². The first-order valence-electron chi connectivity index (χ1n) is 18.5. The van der Waals surface area contributed by atoms with Crippen molar-refractivity contribution >= 4 is 29.1 Å². The summed E-state index contributed by atoms with van der Waals surface area (Å²) in [6.07, 6.45) is 26.3. The summed E-state index contributed by atoms with van der Waals surface area (Å²) in [7, 11) is 0. The van der Waals surface area contributed by atoms with Gasteiger partial charge in [0.2, 0.25) is 0 Å². The normalized spacial score (nSPS) is 21.8. The minimum Gasteiger partial charge on any atom is -0.485 e. The fraction of sp³-hybridized carbons (Fsp3) is 0.167. The Labute approximate surface area is 299 Å². The Morgan fingerprint density at radius 3 is 2.41 bits per heavy atom. The van der Waals surface area contributed by atoms with Gasteiger partial charge in [0.1, 0.15) is 11.9 Å². The van der Waals surface area contributed by atoms with Gasteiger partial charge in [-0.2, -0.15) is 0 Å². The highest BCUT2D eigenvalue weighted by Gasteiger charge is 2.37. The number of benzene rings is 4. The lowest BCUT2D eigenvalue weighted by atomic mass is 9.84. The first kappa shape index (κ1) is 29.0. The van der Waals surface area contributed by atoms with E-state index in [-0.39, 0.29) is 6.10 Å². The average molecular weight is 659 g/mol. The molecular formula is C48H38N2O. The molecule has 246 valence electrons. The topological polar surface area (TPSA) is 17.4 Å². The number of hydrogen-bond donors (Lipinski definition) is 0. The van der Waals surface area contributed by atoms with E-state index in [2.05, 4.69) is 161 Å². The summed E-state index contributed by atoms with van der Waals surface area (Å²) in [5.41, 5.74) is 19.0. The van der Waals surface area contributed by atoms with Gasteiger partial charge in [-0.3, -0.25) is 0 Å². The standard InChI is InChI=1S/C48H38N2O/c1-2-10-31(11-3-1)32-18-22-35(23-19-32)49-43-15-7-4-12-37(43)40-28-33(20-25-45(40)49)34-21-26-46-41(29-34)38-13-5-8-16-44(38)50(46)36-24-27-48-42(30-36)39-14-6-9-17-47(39)51-48/h1-7,9-15,17-20,22-24,27-30,39,45,47H,8,16,21,25-26H2. The zero-order chi connectivity index (χ0) is 33.5. The van der Waals surface area contributed by atoms with Gasteiger partial charge >= 0.3 is 0 Å². The molecule has 3 atom stereocenters. The van der Waals surface area contributed by atoms with Gasteiger partial charge in [-0.05, 0) is 115 Å². The molecule has 0 radical (unpaired) electrons. The minimum absolute atomic E-state index is 0.109. The second kappa shape index (κ2) is 11.4. The molecule has 0 N–H and O–H groups in total. The number of anilines is 2. The molecule has 0 fully saturated rings. The van der Waals surface area contributed by atoms with Gasteiger partial charge in [-0.1, -0.05) is 97.1 Å². The summed E-state index contributed by atoms with van der Waals surface area (Å²) >= 11 is 0. The average Bonchev–Trinajstić information content (AvgIpc) is 3.85. The summed E-state index contributed by atoms with van der Waals surface area (Å²) < 4.78 is 8.90. The van der Waals surface area contributed by atoms with Crippen molar-refractivity contribution in [2.45, 2.75) is 50.2 Å². The maximum Gasteiger partial charge on any atom is 0.128 e. The number of fused-ring (bicyclic) bond motifs is 9. The van der Waals surface area contributed by atoms with Crippen LogP contribution in [0.5, 0.6) is 5.75 Å². The van der Waals surface area contributed by atoms with E-state index < -0.39 is 0 Å². The van der Waals surface area contributed by atoms with Crippen LogP contribution in [0.3, 0.4) is 0 Å². The van der Waals surface area contributed by atoms with E-state index in [1.54, 1.807) is 0 Å². The predicted octanol–water partition coefficient (Wildman–Crippen LogP) is 11.3. The van der Waals surface area contributed by atoms with E-state index in [4.69, 9.17) is 4.74 Å². The molecular weight excluding hydrogens is 621 g/mol. The van der Waals surface area contributed by atoms with E-state index in [1.165, 1.54) is 78.6 Å². The second-order valence-corrected chi connectivity index (χ2v) is 14.6. The van der Waals surface area contributed by atoms with Crippen molar-refractivity contribution in [1.29, 1.82) is 0 Å². The summed E-state index contributed by atoms with van der Waals surface area (Å²) in [5.74, 6) is 1.31. The first-order valence-corrected chi connectivity index (χ1v) is 18.5. The molecule has 0 saturated carbocycles.